The number of nitrogens with one attached hydrogen (secondary N) is 1. The molecule has 1 N–H and O–H groups in total. The first-order valence-electron chi connectivity index (χ1n) is 10.3. The van der Waals surface area contributed by atoms with Crippen LogP contribution in [0.5, 0.6) is 5.75 Å². The van der Waals surface area contributed by atoms with Crippen LogP contribution in [0, 0.1) is 13.8 Å². The highest BCUT2D eigenvalue weighted by atomic mass is 16.5. The molecule has 6 nitrogen and oxygen atoms in total. The van der Waals surface area contributed by atoms with Crippen LogP contribution in [0.15, 0.2) is 35.3 Å². The lowest BCUT2D eigenvalue weighted by atomic mass is 10.1. The van der Waals surface area contributed by atoms with Crippen LogP contribution in [0.4, 0.5) is 0 Å². The second-order valence-electron chi connectivity index (χ2n) is 7.38. The molecule has 1 saturated heterocycles. The average Bonchev–Trinajstić information content (AvgIpc) is 2.94. The Kier molecular flexibility index (Phi) is 6.95. The first-order valence-corrected chi connectivity index (χ1v) is 10.3. The molecule has 2 heterocycles. The molecule has 1 aromatic heterocycles. The van der Waals surface area contributed by atoms with Crippen molar-refractivity contribution in [3.8, 4) is 5.75 Å². The average molecular weight is 384 g/mol. The zero-order valence-corrected chi connectivity index (χ0v) is 17.6. The maximum atomic E-state index is 6.11. The third-order valence-corrected chi connectivity index (χ3v) is 5.40. The molecule has 0 atom stereocenters. The van der Waals surface area contributed by atoms with E-state index < -0.39 is 0 Å². The van der Waals surface area contributed by atoms with E-state index in [9.17, 15) is 0 Å². The highest BCUT2D eigenvalue weighted by molar-refractivity contribution is 5.80. The van der Waals surface area contributed by atoms with E-state index in [2.05, 4.69) is 36.1 Å². The molecule has 152 valence electrons. The lowest BCUT2D eigenvalue weighted by Gasteiger charge is -2.34. The summed E-state index contributed by atoms with van der Waals surface area (Å²) in [4.78, 5) is 7.24. The number of piperidine rings is 1. The van der Waals surface area contributed by atoms with E-state index in [-0.39, 0.29) is 6.10 Å². The lowest BCUT2D eigenvalue weighted by Crippen LogP contribution is -2.47. The van der Waals surface area contributed by atoms with Gasteiger partial charge < -0.3 is 15.0 Å². The quantitative estimate of drug-likeness (QED) is 0.615. The van der Waals surface area contributed by atoms with Gasteiger partial charge in [0.15, 0.2) is 5.96 Å². The number of rotatable bonds is 6. The topological polar surface area (TPSA) is 54.7 Å². The van der Waals surface area contributed by atoms with Crippen molar-refractivity contribution < 1.29 is 4.74 Å². The van der Waals surface area contributed by atoms with Gasteiger partial charge in [0.2, 0.25) is 0 Å². The normalized spacial score (nSPS) is 15.7. The minimum Gasteiger partial charge on any atom is -0.490 e. The van der Waals surface area contributed by atoms with Gasteiger partial charge in [0.25, 0.3) is 0 Å². The van der Waals surface area contributed by atoms with Crippen molar-refractivity contribution in [3.05, 3.63) is 47.3 Å². The van der Waals surface area contributed by atoms with E-state index in [0.717, 1.165) is 62.8 Å². The summed E-state index contributed by atoms with van der Waals surface area (Å²) in [5, 5.41) is 7.96. The molecule has 6 heteroatoms. The summed E-state index contributed by atoms with van der Waals surface area (Å²) < 4.78 is 8.07. The summed E-state index contributed by atoms with van der Waals surface area (Å²) in [7, 11) is 2.00. The van der Waals surface area contributed by atoms with Gasteiger partial charge in [0, 0.05) is 51.8 Å². The zero-order valence-electron chi connectivity index (χ0n) is 17.6. The zero-order chi connectivity index (χ0) is 19.9. The highest BCUT2D eigenvalue weighted by Crippen LogP contribution is 2.19. The van der Waals surface area contributed by atoms with Crippen molar-refractivity contribution in [2.24, 2.45) is 12.0 Å². The highest BCUT2D eigenvalue weighted by Gasteiger charge is 2.22. The van der Waals surface area contributed by atoms with Gasteiger partial charge in [-0.15, -0.1) is 0 Å². The second kappa shape index (κ2) is 9.62. The predicted octanol–water partition coefficient (Wildman–Crippen LogP) is 3.09. The van der Waals surface area contributed by atoms with Crippen molar-refractivity contribution in [1.29, 1.82) is 0 Å². The first kappa shape index (κ1) is 20.2. The van der Waals surface area contributed by atoms with Crippen molar-refractivity contribution >= 4 is 5.96 Å². The Balaban J connectivity index is 1.54. The van der Waals surface area contributed by atoms with Crippen molar-refractivity contribution in [2.45, 2.75) is 46.1 Å². The minimum atomic E-state index is 0.280. The third-order valence-electron chi connectivity index (χ3n) is 5.40. The van der Waals surface area contributed by atoms with Gasteiger partial charge in [-0.3, -0.25) is 9.67 Å². The molecule has 28 heavy (non-hydrogen) atoms. The molecule has 1 fully saturated rings. The number of aliphatic imine (C=N–C) groups is 1. The summed E-state index contributed by atoms with van der Waals surface area (Å²) in [6.45, 7) is 9.91. The lowest BCUT2D eigenvalue weighted by molar-refractivity contribution is 0.129. The number of hydrogen-bond donors (Lipinski definition) is 1. The van der Waals surface area contributed by atoms with Crippen LogP contribution in [0.3, 0.4) is 0 Å². The standard InChI is InChI=1S/C22H33N5O/c1-5-23-22(24-14-11-21-17(2)25-26(4)18(21)3)27-15-12-20(13-16-27)28-19-9-7-6-8-10-19/h6-10,20H,5,11-16H2,1-4H3,(H,23,24). The summed E-state index contributed by atoms with van der Waals surface area (Å²) in [5.74, 6) is 1.98. The molecule has 0 saturated carbocycles. The van der Waals surface area contributed by atoms with E-state index >= 15 is 0 Å². The van der Waals surface area contributed by atoms with Crippen LogP contribution in [0.2, 0.25) is 0 Å². The smallest absolute Gasteiger partial charge is 0.193 e. The predicted molar refractivity (Wildman–Crippen MR) is 114 cm³/mol. The van der Waals surface area contributed by atoms with Crippen molar-refractivity contribution in [2.75, 3.05) is 26.2 Å². The van der Waals surface area contributed by atoms with Crippen molar-refractivity contribution in [3.63, 3.8) is 0 Å². The molecule has 0 radical (unpaired) electrons. The molecule has 0 aliphatic carbocycles. The third kappa shape index (κ3) is 5.06. The number of para-hydroxylation sites is 1. The molecule has 0 bridgehead atoms. The number of benzene rings is 1. The van der Waals surface area contributed by atoms with Gasteiger partial charge in [0.1, 0.15) is 11.9 Å². The van der Waals surface area contributed by atoms with E-state index in [1.54, 1.807) is 0 Å². The fourth-order valence-electron chi connectivity index (χ4n) is 3.76. The van der Waals surface area contributed by atoms with Crippen LogP contribution in [0.1, 0.15) is 36.7 Å². The monoisotopic (exact) mass is 383 g/mol. The summed E-state index contributed by atoms with van der Waals surface area (Å²) in [6, 6.07) is 10.1. The molecule has 0 amide bonds. The number of likely N-dealkylation sites (tertiary alicyclic amines) is 1. The molecule has 1 aliphatic rings. The van der Waals surface area contributed by atoms with E-state index in [1.807, 2.05) is 42.1 Å². The number of aromatic nitrogens is 2. The molecule has 0 spiro atoms. The summed E-state index contributed by atoms with van der Waals surface area (Å²) in [6.07, 6.45) is 3.23. The Morgan fingerprint density at radius 1 is 1.21 bits per heavy atom. The van der Waals surface area contributed by atoms with E-state index in [0.29, 0.717) is 0 Å². The number of guanidine groups is 1. The van der Waals surface area contributed by atoms with Gasteiger partial charge in [-0.25, -0.2) is 0 Å². The molecule has 1 aliphatic heterocycles. The van der Waals surface area contributed by atoms with Crippen LogP contribution in [0.25, 0.3) is 0 Å². The summed E-state index contributed by atoms with van der Waals surface area (Å²) in [5.41, 5.74) is 3.66. The van der Waals surface area contributed by atoms with Gasteiger partial charge in [-0.2, -0.15) is 5.10 Å². The van der Waals surface area contributed by atoms with Crippen LogP contribution >= 0.6 is 0 Å². The van der Waals surface area contributed by atoms with Crippen molar-refractivity contribution in [1.82, 2.24) is 20.0 Å². The molecule has 1 aromatic carbocycles. The Labute approximate surface area is 168 Å². The SMILES string of the molecule is CCNC(=NCCc1c(C)nn(C)c1C)N1CCC(Oc2ccccc2)CC1. The fourth-order valence-corrected chi connectivity index (χ4v) is 3.76. The molecule has 3 rings (SSSR count). The van der Waals surface area contributed by atoms with Gasteiger partial charge >= 0.3 is 0 Å². The number of aryl methyl sites for hydroxylation is 2. The van der Waals surface area contributed by atoms with Gasteiger partial charge in [0.05, 0.1) is 5.69 Å². The maximum absolute atomic E-state index is 6.11. The van der Waals surface area contributed by atoms with Crippen LogP contribution in [-0.4, -0.2) is 52.9 Å². The number of ether oxygens (including phenoxy) is 1. The fraction of sp³-hybridized carbons (Fsp3) is 0.545. The first-order chi connectivity index (χ1) is 13.6. The number of nitrogens with zero attached hydrogens (tertiary/aromatic N) is 4. The summed E-state index contributed by atoms with van der Waals surface area (Å²) >= 11 is 0. The van der Waals surface area contributed by atoms with Gasteiger partial charge in [-0.05, 0) is 44.9 Å². The Hall–Kier alpha value is -2.50. The molecule has 2 aromatic rings. The van der Waals surface area contributed by atoms with Crippen LogP contribution in [-0.2, 0) is 13.5 Å². The van der Waals surface area contributed by atoms with E-state index in [4.69, 9.17) is 9.73 Å². The van der Waals surface area contributed by atoms with Gasteiger partial charge in [-0.1, -0.05) is 18.2 Å². The second-order valence-corrected chi connectivity index (χ2v) is 7.38. The molecular formula is C22H33N5O. The molecule has 0 unspecified atom stereocenters. The Bertz CT molecular complexity index is 776. The largest absolute Gasteiger partial charge is 0.490 e. The number of hydrogen-bond acceptors (Lipinski definition) is 3. The van der Waals surface area contributed by atoms with E-state index in [1.165, 1.54) is 11.3 Å². The minimum absolute atomic E-state index is 0.280. The maximum Gasteiger partial charge on any atom is 0.193 e. The Morgan fingerprint density at radius 2 is 1.93 bits per heavy atom. The Morgan fingerprint density at radius 3 is 2.54 bits per heavy atom. The molecular weight excluding hydrogens is 350 g/mol. The van der Waals surface area contributed by atoms with Crippen LogP contribution < -0.4 is 10.1 Å².